The molecule has 0 spiro atoms. The third kappa shape index (κ3) is 3.48. The van der Waals surface area contributed by atoms with Crippen LogP contribution >= 0.6 is 0 Å². The SMILES string of the molecule is CCOC(=O)Cc1c(C(F)(F)F)ccc(CO)c1C#N. The van der Waals surface area contributed by atoms with Crippen LogP contribution in [0.25, 0.3) is 0 Å². The molecular formula is C13H12F3NO3. The highest BCUT2D eigenvalue weighted by molar-refractivity contribution is 5.74. The minimum atomic E-state index is -4.69. The van der Waals surface area contributed by atoms with E-state index in [0.29, 0.717) is 0 Å². The molecule has 1 aromatic carbocycles. The average molecular weight is 287 g/mol. The van der Waals surface area contributed by atoms with E-state index in [-0.39, 0.29) is 17.7 Å². The van der Waals surface area contributed by atoms with Crippen molar-refractivity contribution in [1.82, 2.24) is 0 Å². The molecule has 4 nitrogen and oxygen atoms in total. The molecule has 0 aliphatic rings. The van der Waals surface area contributed by atoms with Gasteiger partial charge in [0, 0.05) is 0 Å². The lowest BCUT2D eigenvalue weighted by molar-refractivity contribution is -0.143. The number of hydrogen-bond donors (Lipinski definition) is 1. The molecule has 0 fully saturated rings. The van der Waals surface area contributed by atoms with Crippen molar-refractivity contribution in [3.8, 4) is 6.07 Å². The molecular weight excluding hydrogens is 275 g/mol. The molecule has 0 saturated heterocycles. The van der Waals surface area contributed by atoms with Gasteiger partial charge in [0.05, 0.1) is 36.8 Å². The molecule has 7 heteroatoms. The van der Waals surface area contributed by atoms with E-state index in [1.807, 2.05) is 0 Å². The standard InChI is InChI=1S/C13H12F3NO3/c1-2-20-12(19)5-9-10(6-17)8(7-18)3-4-11(9)13(14,15)16/h3-4,18H,2,5,7H2,1H3. The lowest BCUT2D eigenvalue weighted by Gasteiger charge is -2.15. The molecule has 1 N–H and O–H groups in total. The summed E-state index contributed by atoms with van der Waals surface area (Å²) >= 11 is 0. The molecule has 0 aromatic heterocycles. The Kier molecular flexibility index (Phi) is 5.11. The molecule has 1 aromatic rings. The van der Waals surface area contributed by atoms with Crippen molar-refractivity contribution in [3.05, 3.63) is 34.4 Å². The normalized spacial score (nSPS) is 11.0. The highest BCUT2D eigenvalue weighted by Crippen LogP contribution is 2.34. The van der Waals surface area contributed by atoms with E-state index in [1.54, 1.807) is 6.07 Å². The number of carbonyl (C=O) groups excluding carboxylic acids is 1. The minimum absolute atomic E-state index is 0.0295. The Morgan fingerprint density at radius 2 is 2.10 bits per heavy atom. The Bertz CT molecular complexity index is 547. The van der Waals surface area contributed by atoms with Crippen molar-refractivity contribution in [3.63, 3.8) is 0 Å². The van der Waals surface area contributed by atoms with Gasteiger partial charge in [-0.05, 0) is 24.1 Å². The van der Waals surface area contributed by atoms with Crippen LogP contribution in [0.15, 0.2) is 12.1 Å². The summed E-state index contributed by atoms with van der Waals surface area (Å²) in [4.78, 5) is 11.4. The molecule has 0 unspecified atom stereocenters. The van der Waals surface area contributed by atoms with E-state index < -0.39 is 36.3 Å². The van der Waals surface area contributed by atoms with E-state index in [2.05, 4.69) is 4.74 Å². The summed E-state index contributed by atoms with van der Waals surface area (Å²) in [5.74, 6) is -0.857. The molecule has 0 aliphatic carbocycles. The highest BCUT2D eigenvalue weighted by Gasteiger charge is 2.35. The topological polar surface area (TPSA) is 70.3 Å². The third-order valence-electron chi connectivity index (χ3n) is 2.61. The number of halogens is 3. The summed E-state index contributed by atoms with van der Waals surface area (Å²) in [6.07, 6.45) is -5.36. The average Bonchev–Trinajstić information content (AvgIpc) is 2.36. The summed E-state index contributed by atoms with van der Waals surface area (Å²) < 4.78 is 43.3. The fraction of sp³-hybridized carbons (Fsp3) is 0.385. The van der Waals surface area contributed by atoms with Gasteiger partial charge in [0.15, 0.2) is 0 Å². The number of nitrogens with zero attached hydrogens (tertiary/aromatic N) is 1. The zero-order valence-electron chi connectivity index (χ0n) is 10.6. The van der Waals surface area contributed by atoms with Crippen LogP contribution in [-0.2, 0) is 28.7 Å². The van der Waals surface area contributed by atoms with Gasteiger partial charge in [-0.2, -0.15) is 18.4 Å². The van der Waals surface area contributed by atoms with E-state index in [1.165, 1.54) is 6.92 Å². The molecule has 0 aliphatic heterocycles. The Morgan fingerprint density at radius 1 is 1.45 bits per heavy atom. The number of aliphatic hydroxyl groups is 1. The summed E-state index contributed by atoms with van der Waals surface area (Å²) in [7, 11) is 0. The number of ether oxygens (including phenoxy) is 1. The number of aliphatic hydroxyl groups excluding tert-OH is 1. The largest absolute Gasteiger partial charge is 0.466 e. The summed E-state index contributed by atoms with van der Waals surface area (Å²) in [6.45, 7) is 0.969. The second-order valence-corrected chi connectivity index (χ2v) is 3.88. The number of benzene rings is 1. The maximum absolute atomic E-state index is 12.9. The van der Waals surface area contributed by atoms with Gasteiger partial charge in [-0.15, -0.1) is 0 Å². The van der Waals surface area contributed by atoms with Gasteiger partial charge in [0.2, 0.25) is 0 Å². The first-order valence-electron chi connectivity index (χ1n) is 5.73. The van der Waals surface area contributed by atoms with E-state index in [9.17, 15) is 18.0 Å². The predicted octanol–water partition coefficient (Wildman–Crippen LogP) is 2.17. The van der Waals surface area contributed by atoms with Crippen molar-refractivity contribution in [2.45, 2.75) is 26.1 Å². The number of carbonyl (C=O) groups is 1. The lowest BCUT2D eigenvalue weighted by atomic mass is 9.94. The van der Waals surface area contributed by atoms with E-state index >= 15 is 0 Å². The smallest absolute Gasteiger partial charge is 0.416 e. The fourth-order valence-electron chi connectivity index (χ4n) is 1.77. The second kappa shape index (κ2) is 6.39. The van der Waals surface area contributed by atoms with Crippen LogP contribution in [0, 0.1) is 11.3 Å². The summed E-state index contributed by atoms with van der Waals surface area (Å²) in [5, 5.41) is 18.0. The first-order chi connectivity index (χ1) is 9.35. The molecule has 108 valence electrons. The Balaban J connectivity index is 3.41. The molecule has 20 heavy (non-hydrogen) atoms. The van der Waals surface area contributed by atoms with Crippen molar-refractivity contribution < 1.29 is 27.8 Å². The molecule has 0 radical (unpaired) electrons. The molecule has 0 atom stereocenters. The van der Waals surface area contributed by atoms with Gasteiger partial charge >= 0.3 is 12.1 Å². The lowest BCUT2D eigenvalue weighted by Crippen LogP contribution is -2.17. The van der Waals surface area contributed by atoms with Crippen LogP contribution in [0.5, 0.6) is 0 Å². The number of esters is 1. The quantitative estimate of drug-likeness (QED) is 0.862. The van der Waals surface area contributed by atoms with Crippen molar-refractivity contribution in [2.75, 3.05) is 6.61 Å². The predicted molar refractivity (Wildman–Crippen MR) is 62.4 cm³/mol. The van der Waals surface area contributed by atoms with Gasteiger partial charge < -0.3 is 9.84 Å². The fourth-order valence-corrected chi connectivity index (χ4v) is 1.77. The zero-order chi connectivity index (χ0) is 15.3. The minimum Gasteiger partial charge on any atom is -0.466 e. The van der Waals surface area contributed by atoms with Crippen LogP contribution < -0.4 is 0 Å². The highest BCUT2D eigenvalue weighted by atomic mass is 19.4. The van der Waals surface area contributed by atoms with Gasteiger partial charge in [-0.1, -0.05) is 6.07 Å². The third-order valence-corrected chi connectivity index (χ3v) is 2.61. The zero-order valence-corrected chi connectivity index (χ0v) is 10.6. The Labute approximate surface area is 113 Å². The molecule has 0 saturated carbocycles. The van der Waals surface area contributed by atoms with Gasteiger partial charge in [-0.3, -0.25) is 4.79 Å². The van der Waals surface area contributed by atoms with Crippen LogP contribution in [-0.4, -0.2) is 17.7 Å². The van der Waals surface area contributed by atoms with Gasteiger partial charge in [0.1, 0.15) is 0 Å². The molecule has 0 bridgehead atoms. The summed E-state index contributed by atoms with van der Waals surface area (Å²) in [6, 6.07) is 3.38. The number of hydrogen-bond acceptors (Lipinski definition) is 4. The number of alkyl halides is 3. The molecule has 1 rings (SSSR count). The Morgan fingerprint density at radius 3 is 2.55 bits per heavy atom. The number of rotatable bonds is 4. The summed E-state index contributed by atoms with van der Waals surface area (Å²) in [5.41, 5.74) is -1.83. The maximum atomic E-state index is 12.9. The monoisotopic (exact) mass is 287 g/mol. The van der Waals surface area contributed by atoms with Crippen LogP contribution in [0.1, 0.15) is 29.2 Å². The van der Waals surface area contributed by atoms with E-state index in [4.69, 9.17) is 10.4 Å². The molecule has 0 amide bonds. The second-order valence-electron chi connectivity index (χ2n) is 3.88. The molecule has 0 heterocycles. The van der Waals surface area contributed by atoms with Crippen LogP contribution in [0.2, 0.25) is 0 Å². The van der Waals surface area contributed by atoms with E-state index in [0.717, 1.165) is 12.1 Å². The Hall–Kier alpha value is -2.07. The van der Waals surface area contributed by atoms with Gasteiger partial charge in [0.25, 0.3) is 0 Å². The first kappa shape index (κ1) is 16.0. The van der Waals surface area contributed by atoms with Crippen LogP contribution in [0.3, 0.4) is 0 Å². The first-order valence-corrected chi connectivity index (χ1v) is 5.73. The maximum Gasteiger partial charge on any atom is 0.416 e. The van der Waals surface area contributed by atoms with Crippen molar-refractivity contribution in [2.24, 2.45) is 0 Å². The van der Waals surface area contributed by atoms with Crippen molar-refractivity contribution >= 4 is 5.97 Å². The van der Waals surface area contributed by atoms with Gasteiger partial charge in [-0.25, -0.2) is 0 Å². The van der Waals surface area contributed by atoms with Crippen LogP contribution in [0.4, 0.5) is 13.2 Å². The van der Waals surface area contributed by atoms with Crippen molar-refractivity contribution in [1.29, 1.82) is 5.26 Å². The number of nitriles is 1.